The Balaban J connectivity index is 1.44. The molecular weight excluding hydrogens is 442 g/mol. The summed E-state index contributed by atoms with van der Waals surface area (Å²) in [6, 6.07) is 12.1. The average Bonchev–Trinajstić information content (AvgIpc) is 3.40. The molecule has 0 amide bonds. The van der Waals surface area contributed by atoms with Gasteiger partial charge in [0, 0.05) is 44.3 Å². The van der Waals surface area contributed by atoms with E-state index >= 15 is 0 Å². The molecule has 1 saturated heterocycles. The summed E-state index contributed by atoms with van der Waals surface area (Å²) in [6.07, 6.45) is 2.33. The van der Waals surface area contributed by atoms with Crippen molar-refractivity contribution in [2.24, 2.45) is 0 Å². The second-order valence-corrected chi connectivity index (χ2v) is 10.0. The third-order valence-corrected chi connectivity index (χ3v) is 7.34. The maximum atomic E-state index is 12.5. The van der Waals surface area contributed by atoms with Crippen molar-refractivity contribution in [3.8, 4) is 0 Å². The smallest absolute Gasteiger partial charge is 0.264 e. The summed E-state index contributed by atoms with van der Waals surface area (Å²) in [5.74, 6) is 0.859. The molecule has 0 saturated carbocycles. The van der Waals surface area contributed by atoms with Crippen LogP contribution in [0.2, 0.25) is 5.02 Å². The van der Waals surface area contributed by atoms with E-state index in [0.717, 1.165) is 26.1 Å². The Kier molecular flexibility index (Phi) is 6.24. The molecule has 3 heterocycles. The largest absolute Gasteiger partial charge is 0.354 e. The van der Waals surface area contributed by atoms with Gasteiger partial charge in [-0.15, -0.1) is 11.3 Å². The summed E-state index contributed by atoms with van der Waals surface area (Å²) >= 11 is 7.74. The van der Waals surface area contributed by atoms with Gasteiger partial charge in [0.2, 0.25) is 0 Å². The molecule has 1 atom stereocenters. The molecule has 0 unspecified atom stereocenters. The lowest BCUT2D eigenvalue weighted by atomic mass is 10.2. The van der Waals surface area contributed by atoms with Crippen LogP contribution >= 0.6 is 22.9 Å². The summed E-state index contributed by atoms with van der Waals surface area (Å²) in [5.41, 5.74) is 2.85. The van der Waals surface area contributed by atoms with Gasteiger partial charge in [-0.05, 0) is 18.1 Å². The number of hydrogen-bond acceptors (Lipinski definition) is 7. The van der Waals surface area contributed by atoms with Gasteiger partial charge in [0.15, 0.2) is 5.82 Å². The van der Waals surface area contributed by atoms with Crippen molar-refractivity contribution in [2.45, 2.75) is 23.9 Å². The predicted octanol–water partition coefficient (Wildman–Crippen LogP) is 3.70. The molecule has 1 aromatic carbocycles. The molecule has 0 radical (unpaired) electrons. The van der Waals surface area contributed by atoms with Crippen molar-refractivity contribution in [3.63, 3.8) is 0 Å². The van der Waals surface area contributed by atoms with Crippen LogP contribution < -0.4 is 9.62 Å². The molecule has 1 N–H and O–H groups in total. The number of aromatic nitrogens is 2. The van der Waals surface area contributed by atoms with Gasteiger partial charge in [0.1, 0.15) is 10.7 Å². The molecule has 158 valence electrons. The van der Waals surface area contributed by atoms with Crippen molar-refractivity contribution >= 4 is 44.6 Å². The molecule has 4 rings (SSSR count). The zero-order chi connectivity index (χ0) is 21.1. The van der Waals surface area contributed by atoms with Gasteiger partial charge in [0.25, 0.3) is 10.0 Å². The first-order valence-corrected chi connectivity index (χ1v) is 12.3. The quantitative estimate of drug-likeness (QED) is 0.575. The van der Waals surface area contributed by atoms with Crippen LogP contribution in [0, 0.1) is 0 Å². The molecule has 3 aromatic rings. The first-order valence-electron chi connectivity index (χ1n) is 9.48. The van der Waals surface area contributed by atoms with E-state index in [1.807, 2.05) is 18.0 Å². The maximum absolute atomic E-state index is 12.5. The molecule has 0 spiro atoms. The molecule has 7 nitrogen and oxygen atoms in total. The lowest BCUT2D eigenvalue weighted by molar-refractivity contribution is 0.326. The summed E-state index contributed by atoms with van der Waals surface area (Å²) in [4.78, 5) is 12.8. The molecule has 30 heavy (non-hydrogen) atoms. The molecular formula is C20H22ClN5O2S2. The summed E-state index contributed by atoms with van der Waals surface area (Å²) in [7, 11) is -1.84. The Hall–Kier alpha value is -2.20. The SMILES string of the molecule is CN(c1ncc(S(=O)(=O)Nc2cscn2)cc1Cl)[C@@H]1CCN(Cc2ccccc2)C1. The summed E-state index contributed by atoms with van der Waals surface area (Å²) in [5, 5.41) is 1.93. The number of nitrogens with zero attached hydrogens (tertiary/aromatic N) is 4. The van der Waals surface area contributed by atoms with E-state index in [1.165, 1.54) is 29.2 Å². The molecule has 1 aliphatic heterocycles. The lowest BCUT2D eigenvalue weighted by Crippen LogP contribution is -2.35. The number of pyridine rings is 1. The Labute approximate surface area is 185 Å². The highest BCUT2D eigenvalue weighted by Crippen LogP contribution is 2.29. The van der Waals surface area contributed by atoms with Crippen LogP contribution in [0.5, 0.6) is 0 Å². The highest BCUT2D eigenvalue weighted by atomic mass is 35.5. The Morgan fingerprint density at radius 1 is 1.30 bits per heavy atom. The van der Waals surface area contributed by atoms with E-state index in [4.69, 9.17) is 11.6 Å². The highest BCUT2D eigenvalue weighted by Gasteiger charge is 2.28. The molecule has 2 aromatic heterocycles. The predicted molar refractivity (Wildman–Crippen MR) is 121 cm³/mol. The normalized spacial score (nSPS) is 17.2. The molecule has 0 bridgehead atoms. The van der Waals surface area contributed by atoms with Gasteiger partial charge in [-0.3, -0.25) is 9.62 Å². The van der Waals surface area contributed by atoms with Crippen LogP contribution in [0.4, 0.5) is 11.6 Å². The van der Waals surface area contributed by atoms with Gasteiger partial charge in [-0.2, -0.15) is 0 Å². The topological polar surface area (TPSA) is 78.4 Å². The van der Waals surface area contributed by atoms with Gasteiger partial charge >= 0.3 is 0 Å². The van der Waals surface area contributed by atoms with E-state index in [0.29, 0.717) is 10.8 Å². The fourth-order valence-electron chi connectivity index (χ4n) is 3.57. The van der Waals surface area contributed by atoms with Crippen LogP contribution in [0.25, 0.3) is 0 Å². The van der Waals surface area contributed by atoms with Crippen LogP contribution in [0.3, 0.4) is 0 Å². The number of likely N-dealkylation sites (N-methyl/N-ethyl adjacent to an activating group) is 1. The number of nitrogens with one attached hydrogen (secondary N) is 1. The van der Waals surface area contributed by atoms with Crippen molar-refractivity contribution in [1.82, 2.24) is 14.9 Å². The zero-order valence-corrected chi connectivity index (χ0v) is 18.8. The van der Waals surface area contributed by atoms with E-state index < -0.39 is 10.0 Å². The van der Waals surface area contributed by atoms with Crippen molar-refractivity contribution in [2.75, 3.05) is 29.8 Å². The molecule has 0 aliphatic carbocycles. The summed E-state index contributed by atoms with van der Waals surface area (Å²) in [6.45, 7) is 2.80. The van der Waals surface area contributed by atoms with Crippen LogP contribution in [0.1, 0.15) is 12.0 Å². The van der Waals surface area contributed by atoms with Gasteiger partial charge in [0.05, 0.1) is 10.5 Å². The number of sulfonamides is 1. The second kappa shape index (κ2) is 8.89. The minimum absolute atomic E-state index is 0.00905. The monoisotopic (exact) mass is 463 g/mol. The van der Waals surface area contributed by atoms with Crippen LogP contribution in [-0.4, -0.2) is 49.5 Å². The molecule has 1 aliphatic rings. The fraction of sp³-hybridized carbons (Fsp3) is 0.300. The van der Waals surface area contributed by atoms with Gasteiger partial charge in [-0.1, -0.05) is 41.9 Å². The first kappa shape index (κ1) is 21.0. The van der Waals surface area contributed by atoms with E-state index in [-0.39, 0.29) is 16.8 Å². The number of likely N-dealkylation sites (tertiary alicyclic amines) is 1. The highest BCUT2D eigenvalue weighted by molar-refractivity contribution is 7.92. The second-order valence-electron chi connectivity index (χ2n) is 7.23. The third kappa shape index (κ3) is 4.75. The van der Waals surface area contributed by atoms with E-state index in [2.05, 4.69) is 43.9 Å². The summed E-state index contributed by atoms with van der Waals surface area (Å²) < 4.78 is 27.5. The van der Waals surface area contributed by atoms with Crippen LogP contribution in [0.15, 0.2) is 58.4 Å². The number of thiazole rings is 1. The average molecular weight is 464 g/mol. The number of halogens is 1. The maximum Gasteiger partial charge on any atom is 0.264 e. The Morgan fingerprint density at radius 2 is 2.10 bits per heavy atom. The number of anilines is 2. The van der Waals surface area contributed by atoms with Crippen molar-refractivity contribution in [1.29, 1.82) is 0 Å². The first-order chi connectivity index (χ1) is 14.4. The number of hydrogen-bond donors (Lipinski definition) is 1. The lowest BCUT2D eigenvalue weighted by Gasteiger charge is -2.27. The van der Waals surface area contributed by atoms with Crippen molar-refractivity contribution < 1.29 is 8.42 Å². The van der Waals surface area contributed by atoms with Crippen LogP contribution in [-0.2, 0) is 16.6 Å². The number of benzene rings is 1. The minimum atomic E-state index is -3.79. The molecule has 10 heteroatoms. The minimum Gasteiger partial charge on any atom is -0.354 e. The fourth-order valence-corrected chi connectivity index (χ4v) is 5.46. The number of rotatable bonds is 7. The van der Waals surface area contributed by atoms with E-state index in [1.54, 1.807) is 10.9 Å². The van der Waals surface area contributed by atoms with E-state index in [9.17, 15) is 8.42 Å². The Morgan fingerprint density at radius 3 is 2.80 bits per heavy atom. The molecule has 1 fully saturated rings. The third-order valence-electron chi connectivity index (χ3n) is 5.16. The zero-order valence-electron chi connectivity index (χ0n) is 16.4. The Bertz CT molecular complexity index is 1090. The standard InChI is InChI=1S/C20H22ClN5O2S2/c1-25(16-7-8-26(12-16)11-15-5-3-2-4-6-15)20-18(21)9-17(10-22-20)30(27,28)24-19-13-29-14-23-19/h2-6,9-10,13-14,16,24H,7-8,11-12H2,1H3/t16-/m1/s1. The van der Waals surface area contributed by atoms with Gasteiger partial charge in [-0.25, -0.2) is 18.4 Å². The van der Waals surface area contributed by atoms with Crippen molar-refractivity contribution in [3.05, 3.63) is 64.1 Å². The van der Waals surface area contributed by atoms with Gasteiger partial charge < -0.3 is 4.90 Å².